The normalized spacial score (nSPS) is 12.5. The molecule has 1 rings (SSSR count). The number of benzene rings is 1. The Morgan fingerprint density at radius 2 is 1.58 bits per heavy atom. The van der Waals surface area contributed by atoms with Gasteiger partial charge in [-0.2, -0.15) is 13.2 Å². The third-order valence-corrected chi connectivity index (χ3v) is 2.68. The second-order valence-corrected chi connectivity index (χ2v) is 4.18. The molecule has 0 spiro atoms. The zero-order chi connectivity index (χ0) is 14.7. The summed E-state index contributed by atoms with van der Waals surface area (Å²) in [5, 5.41) is 29.8. The highest BCUT2D eigenvalue weighted by molar-refractivity contribution is 5.59. The van der Waals surface area contributed by atoms with Crippen LogP contribution in [-0.4, -0.2) is 40.7 Å². The molecule has 0 aliphatic carbocycles. The smallest absolute Gasteiger partial charge is 0.398 e. The van der Waals surface area contributed by atoms with E-state index in [2.05, 4.69) is 5.32 Å². The molecule has 0 aliphatic heterocycles. The van der Waals surface area contributed by atoms with Crippen LogP contribution in [0.1, 0.15) is 5.56 Å². The van der Waals surface area contributed by atoms with Crippen LogP contribution in [0.5, 0.6) is 0 Å². The first-order chi connectivity index (χ1) is 8.78. The van der Waals surface area contributed by atoms with Crippen molar-refractivity contribution in [2.75, 3.05) is 30.9 Å². The van der Waals surface area contributed by atoms with Gasteiger partial charge in [0, 0.05) is 11.4 Å². The zero-order valence-electron chi connectivity index (χ0n) is 9.91. The maximum absolute atomic E-state index is 12.7. The largest absolute Gasteiger partial charge is 0.418 e. The Balaban J connectivity index is 3.10. The lowest BCUT2D eigenvalue weighted by molar-refractivity contribution is -0.136. The maximum atomic E-state index is 12.7. The Morgan fingerprint density at radius 1 is 1.05 bits per heavy atom. The predicted molar refractivity (Wildman–Crippen MR) is 63.5 cm³/mol. The second-order valence-electron chi connectivity index (χ2n) is 4.18. The van der Waals surface area contributed by atoms with E-state index >= 15 is 0 Å². The molecule has 108 valence electrons. The van der Waals surface area contributed by atoms with Crippen LogP contribution in [0, 0.1) is 0 Å². The summed E-state index contributed by atoms with van der Waals surface area (Å²) >= 11 is 0. The summed E-state index contributed by atoms with van der Waals surface area (Å²) in [7, 11) is 0. The number of anilines is 2. The van der Waals surface area contributed by atoms with E-state index in [4.69, 9.17) is 21.1 Å². The molecule has 0 saturated carbocycles. The van der Waals surface area contributed by atoms with Gasteiger partial charge in [-0.1, -0.05) is 0 Å². The fourth-order valence-corrected chi connectivity index (χ4v) is 1.45. The number of aliphatic hydroxyl groups excluding tert-OH is 3. The fraction of sp³-hybridized carbons (Fsp3) is 0.455. The Morgan fingerprint density at radius 3 is 2.00 bits per heavy atom. The van der Waals surface area contributed by atoms with Crippen molar-refractivity contribution in [2.24, 2.45) is 0 Å². The standard InChI is InChI=1S/C11H15F3N2O3/c12-11(13,14)8-3-7(1-2-9(8)15)16-10(4-17,5-18)6-19/h1-3,16-19H,4-6,15H2. The van der Waals surface area contributed by atoms with Gasteiger partial charge in [0.05, 0.1) is 25.4 Å². The molecule has 19 heavy (non-hydrogen) atoms. The Hall–Kier alpha value is -1.51. The van der Waals surface area contributed by atoms with Gasteiger partial charge >= 0.3 is 6.18 Å². The van der Waals surface area contributed by atoms with Crippen molar-refractivity contribution in [1.82, 2.24) is 0 Å². The van der Waals surface area contributed by atoms with Crippen molar-refractivity contribution < 1.29 is 28.5 Å². The van der Waals surface area contributed by atoms with Crippen molar-refractivity contribution in [1.29, 1.82) is 0 Å². The van der Waals surface area contributed by atoms with Crippen LogP contribution in [0.25, 0.3) is 0 Å². The first-order valence-corrected chi connectivity index (χ1v) is 5.35. The highest BCUT2D eigenvalue weighted by Gasteiger charge is 2.34. The number of hydrogen-bond donors (Lipinski definition) is 5. The van der Waals surface area contributed by atoms with Gasteiger partial charge in [0.2, 0.25) is 0 Å². The third kappa shape index (κ3) is 3.49. The quantitative estimate of drug-likeness (QED) is 0.503. The minimum atomic E-state index is -4.61. The molecule has 0 amide bonds. The van der Waals surface area contributed by atoms with E-state index in [1.165, 1.54) is 6.07 Å². The molecule has 0 heterocycles. The van der Waals surface area contributed by atoms with Crippen LogP contribution in [0.15, 0.2) is 18.2 Å². The van der Waals surface area contributed by atoms with E-state index in [9.17, 15) is 13.2 Å². The molecule has 0 unspecified atom stereocenters. The highest BCUT2D eigenvalue weighted by atomic mass is 19.4. The lowest BCUT2D eigenvalue weighted by atomic mass is 10.0. The zero-order valence-corrected chi connectivity index (χ0v) is 9.91. The molecule has 0 bridgehead atoms. The fourth-order valence-electron chi connectivity index (χ4n) is 1.45. The second kappa shape index (κ2) is 5.64. The molecule has 0 radical (unpaired) electrons. The molecule has 0 aromatic heterocycles. The van der Waals surface area contributed by atoms with E-state index in [1.54, 1.807) is 0 Å². The van der Waals surface area contributed by atoms with Crippen LogP contribution in [0.2, 0.25) is 0 Å². The molecule has 0 saturated heterocycles. The van der Waals surface area contributed by atoms with Gasteiger partial charge in [-0.3, -0.25) is 0 Å². The average Bonchev–Trinajstić information content (AvgIpc) is 2.37. The number of nitrogens with two attached hydrogens (primary N) is 1. The summed E-state index contributed by atoms with van der Waals surface area (Å²) in [4.78, 5) is 0. The lowest BCUT2D eigenvalue weighted by Gasteiger charge is -2.30. The topological polar surface area (TPSA) is 98.7 Å². The van der Waals surface area contributed by atoms with E-state index in [0.29, 0.717) is 0 Å². The minimum Gasteiger partial charge on any atom is -0.398 e. The molecule has 0 fully saturated rings. The van der Waals surface area contributed by atoms with Gasteiger partial charge in [0.1, 0.15) is 5.54 Å². The van der Waals surface area contributed by atoms with Crippen molar-refractivity contribution >= 4 is 11.4 Å². The van der Waals surface area contributed by atoms with E-state index in [1.807, 2.05) is 0 Å². The summed E-state index contributed by atoms with van der Waals surface area (Å²) in [6, 6.07) is 3.08. The number of nitrogens with one attached hydrogen (secondary N) is 1. The summed E-state index contributed by atoms with van der Waals surface area (Å²) in [5.41, 5.74) is 2.27. The maximum Gasteiger partial charge on any atom is 0.418 e. The third-order valence-electron chi connectivity index (χ3n) is 2.68. The molecular weight excluding hydrogens is 265 g/mol. The van der Waals surface area contributed by atoms with E-state index in [-0.39, 0.29) is 5.69 Å². The van der Waals surface area contributed by atoms with Crippen LogP contribution < -0.4 is 11.1 Å². The van der Waals surface area contributed by atoms with Crippen molar-refractivity contribution in [2.45, 2.75) is 11.7 Å². The number of alkyl halides is 3. The van der Waals surface area contributed by atoms with E-state index in [0.717, 1.165) is 12.1 Å². The minimum absolute atomic E-state index is 0.0151. The summed E-state index contributed by atoms with van der Waals surface area (Å²) < 4.78 is 38.0. The highest BCUT2D eigenvalue weighted by Crippen LogP contribution is 2.35. The van der Waals surface area contributed by atoms with Gasteiger partial charge in [-0.05, 0) is 18.2 Å². The van der Waals surface area contributed by atoms with Crippen LogP contribution in [0.4, 0.5) is 24.5 Å². The molecule has 5 nitrogen and oxygen atoms in total. The summed E-state index contributed by atoms with van der Waals surface area (Å²) in [5.74, 6) is 0. The molecule has 8 heteroatoms. The Bertz CT molecular complexity index is 425. The molecule has 1 aromatic rings. The Labute approximate surface area is 107 Å². The Kier molecular flexibility index (Phi) is 4.61. The summed E-state index contributed by atoms with van der Waals surface area (Å²) in [6.45, 7) is -1.94. The van der Waals surface area contributed by atoms with Crippen LogP contribution in [-0.2, 0) is 6.18 Å². The SMILES string of the molecule is Nc1ccc(NC(CO)(CO)CO)cc1C(F)(F)F. The van der Waals surface area contributed by atoms with E-state index < -0.39 is 42.8 Å². The lowest BCUT2D eigenvalue weighted by Crippen LogP contribution is -2.49. The van der Waals surface area contributed by atoms with Gasteiger partial charge in [0.15, 0.2) is 0 Å². The van der Waals surface area contributed by atoms with Crippen LogP contribution in [0.3, 0.4) is 0 Å². The molecular formula is C11H15F3N2O3. The van der Waals surface area contributed by atoms with Crippen molar-refractivity contribution in [3.63, 3.8) is 0 Å². The number of halogens is 3. The first kappa shape index (κ1) is 15.5. The summed E-state index contributed by atoms with van der Waals surface area (Å²) in [6.07, 6.45) is -4.61. The first-order valence-electron chi connectivity index (χ1n) is 5.35. The number of nitrogen functional groups attached to an aromatic ring is 1. The number of rotatable bonds is 5. The van der Waals surface area contributed by atoms with Crippen molar-refractivity contribution in [3.05, 3.63) is 23.8 Å². The predicted octanol–water partition coefficient (Wildman–Crippen LogP) is 0.415. The van der Waals surface area contributed by atoms with Gasteiger partial charge in [-0.25, -0.2) is 0 Å². The van der Waals surface area contributed by atoms with Gasteiger partial charge in [-0.15, -0.1) is 0 Å². The van der Waals surface area contributed by atoms with Gasteiger partial charge in [0.25, 0.3) is 0 Å². The van der Waals surface area contributed by atoms with Crippen LogP contribution >= 0.6 is 0 Å². The molecule has 6 N–H and O–H groups in total. The number of aliphatic hydroxyl groups is 3. The molecule has 0 aliphatic rings. The molecule has 0 atom stereocenters. The average molecular weight is 280 g/mol. The van der Waals surface area contributed by atoms with Crippen molar-refractivity contribution in [3.8, 4) is 0 Å². The molecule has 1 aromatic carbocycles. The monoisotopic (exact) mass is 280 g/mol. The number of hydrogen-bond acceptors (Lipinski definition) is 5. The van der Waals surface area contributed by atoms with Gasteiger partial charge < -0.3 is 26.4 Å².